The van der Waals surface area contributed by atoms with Crippen LogP contribution in [0.4, 0.5) is 5.00 Å². The fourth-order valence-corrected chi connectivity index (χ4v) is 4.14. The summed E-state index contributed by atoms with van der Waals surface area (Å²) in [6.07, 6.45) is 11.6. The first kappa shape index (κ1) is 14.3. The van der Waals surface area contributed by atoms with Gasteiger partial charge in [-0.15, -0.1) is 11.3 Å². The minimum Gasteiger partial charge on any atom is -0.321 e. The molecule has 5 nitrogen and oxygen atoms in total. The molecule has 0 aliphatic heterocycles. The van der Waals surface area contributed by atoms with Crippen LogP contribution < -0.4 is 10.6 Å². The number of aromatic nitrogens is 1. The third-order valence-electron chi connectivity index (χ3n) is 4.50. The van der Waals surface area contributed by atoms with Crippen LogP contribution in [-0.2, 0) is 4.79 Å². The fourth-order valence-electron chi connectivity index (χ4n) is 3.15. The van der Waals surface area contributed by atoms with Gasteiger partial charge in [0.05, 0.1) is 11.2 Å². The van der Waals surface area contributed by atoms with E-state index in [2.05, 4.69) is 15.6 Å². The van der Waals surface area contributed by atoms with Crippen molar-refractivity contribution in [1.82, 2.24) is 10.3 Å². The first-order valence-corrected chi connectivity index (χ1v) is 8.49. The topological polar surface area (TPSA) is 77.8 Å². The van der Waals surface area contributed by atoms with Crippen molar-refractivity contribution >= 4 is 22.2 Å². The highest BCUT2D eigenvalue weighted by Crippen LogP contribution is 2.36. The van der Waals surface area contributed by atoms with Crippen molar-refractivity contribution in [3.8, 4) is 6.19 Å². The van der Waals surface area contributed by atoms with E-state index in [-0.39, 0.29) is 17.9 Å². The molecule has 0 unspecified atom stereocenters. The van der Waals surface area contributed by atoms with Crippen LogP contribution in [0.2, 0.25) is 0 Å². The van der Waals surface area contributed by atoms with Crippen LogP contribution in [-0.4, -0.2) is 16.9 Å². The molecule has 2 saturated carbocycles. The fraction of sp³-hybridized carbons (Fsp3) is 0.667. The van der Waals surface area contributed by atoms with Gasteiger partial charge in [0.15, 0.2) is 6.19 Å². The number of nitrogens with one attached hydrogen (secondary N) is 2. The Morgan fingerprint density at radius 2 is 2.10 bits per heavy atom. The molecule has 2 aliphatic carbocycles. The molecule has 0 aromatic carbocycles. The van der Waals surface area contributed by atoms with Crippen molar-refractivity contribution in [2.75, 3.05) is 5.32 Å². The molecule has 1 heterocycles. The van der Waals surface area contributed by atoms with Gasteiger partial charge in [0.1, 0.15) is 5.00 Å². The largest absolute Gasteiger partial charge is 0.321 e. The lowest BCUT2D eigenvalue weighted by atomic mass is 9.80. The molecule has 6 heteroatoms. The van der Waals surface area contributed by atoms with Crippen LogP contribution >= 0.6 is 11.3 Å². The zero-order chi connectivity index (χ0) is 14.7. The predicted molar refractivity (Wildman–Crippen MR) is 81.8 cm³/mol. The molecule has 3 rings (SSSR count). The Labute approximate surface area is 128 Å². The summed E-state index contributed by atoms with van der Waals surface area (Å²) in [6.45, 7) is 0. The summed E-state index contributed by atoms with van der Waals surface area (Å²) in [5.41, 5.74) is 0. The van der Waals surface area contributed by atoms with Gasteiger partial charge in [-0.25, -0.2) is 4.98 Å². The van der Waals surface area contributed by atoms with E-state index < -0.39 is 0 Å². The lowest BCUT2D eigenvalue weighted by Gasteiger charge is -2.32. The molecule has 0 radical (unpaired) electrons. The summed E-state index contributed by atoms with van der Waals surface area (Å²) in [7, 11) is 0. The van der Waals surface area contributed by atoms with Gasteiger partial charge in [0.25, 0.3) is 0 Å². The summed E-state index contributed by atoms with van der Waals surface area (Å²) in [5.74, 6) is 0.670. The maximum atomic E-state index is 12.1. The van der Waals surface area contributed by atoms with Crippen LogP contribution in [0.25, 0.3) is 0 Å². The van der Waals surface area contributed by atoms with E-state index in [4.69, 9.17) is 5.26 Å². The predicted octanol–water partition coefficient (Wildman–Crippen LogP) is 2.98. The van der Waals surface area contributed by atoms with Crippen molar-refractivity contribution < 1.29 is 4.79 Å². The average Bonchev–Trinajstić information content (AvgIpc) is 2.91. The SMILES string of the molecule is N#CNC1CC(C(=O)Nc2cnc(C3CCCCC3)s2)C1. The molecule has 112 valence electrons. The Balaban J connectivity index is 1.50. The smallest absolute Gasteiger partial charge is 0.228 e. The molecule has 0 spiro atoms. The Morgan fingerprint density at radius 3 is 2.81 bits per heavy atom. The maximum absolute atomic E-state index is 12.1. The van der Waals surface area contributed by atoms with Crippen molar-refractivity contribution in [3.05, 3.63) is 11.2 Å². The van der Waals surface area contributed by atoms with E-state index in [9.17, 15) is 4.79 Å². The Hall–Kier alpha value is -1.61. The first-order valence-electron chi connectivity index (χ1n) is 7.67. The van der Waals surface area contributed by atoms with Gasteiger partial charge in [-0.1, -0.05) is 19.3 Å². The zero-order valence-electron chi connectivity index (χ0n) is 12.0. The number of rotatable bonds is 4. The van der Waals surface area contributed by atoms with Crippen LogP contribution in [0, 0.1) is 17.4 Å². The number of anilines is 1. The van der Waals surface area contributed by atoms with E-state index in [0.717, 1.165) is 17.8 Å². The molecule has 21 heavy (non-hydrogen) atoms. The highest BCUT2D eigenvalue weighted by atomic mass is 32.1. The molecule has 0 atom stereocenters. The van der Waals surface area contributed by atoms with Gasteiger partial charge >= 0.3 is 0 Å². The second-order valence-corrected chi connectivity index (χ2v) is 7.07. The molecule has 1 amide bonds. The van der Waals surface area contributed by atoms with Gasteiger partial charge in [-0.2, -0.15) is 5.26 Å². The van der Waals surface area contributed by atoms with Crippen molar-refractivity contribution in [3.63, 3.8) is 0 Å². The summed E-state index contributed by atoms with van der Waals surface area (Å²) < 4.78 is 0. The van der Waals surface area contributed by atoms with Gasteiger partial charge in [-0.05, 0) is 25.7 Å². The van der Waals surface area contributed by atoms with Gasteiger partial charge < -0.3 is 10.6 Å². The van der Waals surface area contributed by atoms with E-state index in [1.807, 2.05) is 6.19 Å². The third kappa shape index (κ3) is 3.35. The van der Waals surface area contributed by atoms with Crippen LogP contribution in [0.15, 0.2) is 6.20 Å². The Bertz CT molecular complexity index is 538. The van der Waals surface area contributed by atoms with Gasteiger partial charge in [0.2, 0.25) is 5.91 Å². The standard InChI is InChI=1S/C15H20N4OS/c16-9-18-12-6-11(7-12)14(20)19-13-8-17-15(21-13)10-4-2-1-3-5-10/h8,10-12,18H,1-7H2,(H,19,20). The number of nitriles is 1. The minimum absolute atomic E-state index is 0.0241. The van der Waals surface area contributed by atoms with Gasteiger partial charge in [0, 0.05) is 17.9 Å². The molecule has 2 fully saturated rings. The van der Waals surface area contributed by atoms with E-state index in [1.54, 1.807) is 17.5 Å². The normalized spacial score (nSPS) is 25.7. The van der Waals surface area contributed by atoms with Crippen molar-refractivity contribution in [1.29, 1.82) is 5.26 Å². The maximum Gasteiger partial charge on any atom is 0.228 e. The number of amides is 1. The highest BCUT2D eigenvalue weighted by molar-refractivity contribution is 7.15. The second kappa shape index (κ2) is 6.44. The van der Waals surface area contributed by atoms with Crippen molar-refractivity contribution in [2.24, 2.45) is 5.92 Å². The third-order valence-corrected chi connectivity index (χ3v) is 5.58. The molecule has 0 bridgehead atoms. The number of carbonyl (C=O) groups is 1. The zero-order valence-corrected chi connectivity index (χ0v) is 12.8. The summed E-state index contributed by atoms with van der Waals surface area (Å²) in [5, 5.41) is 16.2. The van der Waals surface area contributed by atoms with Crippen LogP contribution in [0.3, 0.4) is 0 Å². The highest BCUT2D eigenvalue weighted by Gasteiger charge is 2.34. The summed E-state index contributed by atoms with van der Waals surface area (Å²) >= 11 is 1.62. The van der Waals surface area contributed by atoms with E-state index >= 15 is 0 Å². The van der Waals surface area contributed by atoms with Crippen LogP contribution in [0.1, 0.15) is 55.9 Å². The molecule has 0 saturated heterocycles. The number of nitrogens with zero attached hydrogens (tertiary/aromatic N) is 2. The van der Waals surface area contributed by atoms with E-state index in [1.165, 1.54) is 37.1 Å². The minimum atomic E-state index is 0.0241. The molecular weight excluding hydrogens is 284 g/mol. The summed E-state index contributed by atoms with van der Waals surface area (Å²) in [4.78, 5) is 16.6. The van der Waals surface area contributed by atoms with Crippen molar-refractivity contribution in [2.45, 2.75) is 56.9 Å². The van der Waals surface area contributed by atoms with E-state index in [0.29, 0.717) is 5.92 Å². The molecule has 1 aromatic rings. The number of carbonyl (C=O) groups excluding carboxylic acids is 1. The lowest BCUT2D eigenvalue weighted by molar-refractivity contribution is -0.122. The van der Waals surface area contributed by atoms with Crippen LogP contribution in [0.5, 0.6) is 0 Å². The number of hydrogen-bond donors (Lipinski definition) is 2. The molecule has 1 aromatic heterocycles. The second-order valence-electron chi connectivity index (χ2n) is 6.01. The molecule has 2 N–H and O–H groups in total. The molecule has 2 aliphatic rings. The number of thiazole rings is 1. The summed E-state index contributed by atoms with van der Waals surface area (Å²) in [6, 6.07) is 0.171. The first-order chi connectivity index (χ1) is 10.3. The number of hydrogen-bond acceptors (Lipinski definition) is 5. The average molecular weight is 304 g/mol. The molecular formula is C15H20N4OS. The quantitative estimate of drug-likeness (QED) is 0.662. The Morgan fingerprint density at radius 1 is 1.33 bits per heavy atom. The Kier molecular flexibility index (Phi) is 4.39. The lowest BCUT2D eigenvalue weighted by Crippen LogP contribution is -2.44. The monoisotopic (exact) mass is 304 g/mol. The van der Waals surface area contributed by atoms with Gasteiger partial charge in [-0.3, -0.25) is 4.79 Å².